The molecule has 1 amide bonds. The highest BCUT2D eigenvalue weighted by Gasteiger charge is 2.34. The van der Waals surface area contributed by atoms with Gasteiger partial charge in [0.25, 0.3) is 5.91 Å². The van der Waals surface area contributed by atoms with Crippen molar-refractivity contribution in [2.75, 3.05) is 38.5 Å². The van der Waals surface area contributed by atoms with E-state index in [2.05, 4.69) is 15.2 Å². The van der Waals surface area contributed by atoms with Crippen LogP contribution in [-0.2, 0) is 12.7 Å². The van der Waals surface area contributed by atoms with Gasteiger partial charge in [-0.05, 0) is 55.8 Å². The third-order valence-electron chi connectivity index (χ3n) is 5.27. The van der Waals surface area contributed by atoms with Crippen molar-refractivity contribution in [3.63, 3.8) is 0 Å². The van der Waals surface area contributed by atoms with Crippen molar-refractivity contribution >= 4 is 11.6 Å². The molecular formula is C21H25F3N4O. The molecule has 0 spiro atoms. The van der Waals surface area contributed by atoms with E-state index in [-0.39, 0.29) is 23.5 Å². The fourth-order valence-electron chi connectivity index (χ4n) is 3.25. The van der Waals surface area contributed by atoms with Crippen LogP contribution in [-0.4, -0.2) is 53.9 Å². The summed E-state index contributed by atoms with van der Waals surface area (Å²) in [7, 11) is 2.00. The Hall–Kier alpha value is -2.45. The molecule has 8 heteroatoms. The molecule has 0 atom stereocenters. The molecule has 2 aromatic rings. The lowest BCUT2D eigenvalue weighted by Gasteiger charge is -2.33. The number of nitrogens with zero attached hydrogens (tertiary/aromatic N) is 3. The molecule has 1 aromatic heterocycles. The van der Waals surface area contributed by atoms with E-state index in [4.69, 9.17) is 0 Å². The maximum Gasteiger partial charge on any atom is 0.416 e. The summed E-state index contributed by atoms with van der Waals surface area (Å²) in [5.74, 6) is -0.534. The minimum absolute atomic E-state index is 0.101. The lowest BCUT2D eigenvalue weighted by Crippen LogP contribution is -2.44. The normalized spacial score (nSPS) is 16.1. The Morgan fingerprint density at radius 1 is 1.10 bits per heavy atom. The molecule has 5 nitrogen and oxygen atoms in total. The Balaban J connectivity index is 1.79. The van der Waals surface area contributed by atoms with E-state index >= 15 is 0 Å². The predicted octanol–water partition coefficient (Wildman–Crippen LogP) is 3.72. The number of alkyl halides is 3. The molecule has 3 rings (SSSR count). The van der Waals surface area contributed by atoms with Crippen LogP contribution in [0.15, 0.2) is 30.5 Å². The Morgan fingerprint density at radius 3 is 2.41 bits per heavy atom. The third-order valence-corrected chi connectivity index (χ3v) is 5.27. The Labute approximate surface area is 168 Å². The maximum absolute atomic E-state index is 13.7. The molecule has 1 aromatic carbocycles. The molecule has 1 aliphatic heterocycles. The number of piperazine rings is 1. The Kier molecular flexibility index (Phi) is 6.24. The molecule has 29 heavy (non-hydrogen) atoms. The number of carbonyl (C=O) groups is 1. The third kappa shape index (κ3) is 5.33. The number of halogens is 3. The van der Waals surface area contributed by atoms with Gasteiger partial charge in [0.05, 0.1) is 5.56 Å². The van der Waals surface area contributed by atoms with Gasteiger partial charge >= 0.3 is 6.18 Å². The Bertz CT molecular complexity index is 890. The Morgan fingerprint density at radius 2 is 1.79 bits per heavy atom. The van der Waals surface area contributed by atoms with E-state index < -0.39 is 17.6 Å². The molecule has 1 fully saturated rings. The molecule has 0 aliphatic carbocycles. The minimum atomic E-state index is -4.50. The lowest BCUT2D eigenvalue weighted by molar-refractivity contribution is -0.138. The van der Waals surface area contributed by atoms with Crippen LogP contribution < -0.4 is 5.32 Å². The van der Waals surface area contributed by atoms with Gasteiger partial charge in [-0.3, -0.25) is 14.7 Å². The van der Waals surface area contributed by atoms with Crippen molar-refractivity contribution in [1.82, 2.24) is 14.8 Å². The average Bonchev–Trinajstić information content (AvgIpc) is 2.66. The largest absolute Gasteiger partial charge is 0.416 e. The van der Waals surface area contributed by atoms with E-state index in [0.29, 0.717) is 0 Å². The number of benzene rings is 1. The van der Waals surface area contributed by atoms with Crippen molar-refractivity contribution in [2.45, 2.75) is 26.6 Å². The van der Waals surface area contributed by atoms with E-state index in [0.717, 1.165) is 43.4 Å². The van der Waals surface area contributed by atoms with Crippen LogP contribution in [0.5, 0.6) is 0 Å². The zero-order chi connectivity index (χ0) is 21.2. The number of aromatic nitrogens is 1. The molecule has 0 unspecified atom stereocenters. The summed E-state index contributed by atoms with van der Waals surface area (Å²) >= 11 is 0. The fourth-order valence-corrected chi connectivity index (χ4v) is 3.25. The summed E-state index contributed by atoms with van der Waals surface area (Å²) in [6, 6.07) is 5.59. The number of aryl methyl sites for hydroxylation is 2. The quantitative estimate of drug-likeness (QED) is 0.841. The van der Waals surface area contributed by atoms with Crippen LogP contribution in [0.2, 0.25) is 0 Å². The topological polar surface area (TPSA) is 48.5 Å². The summed E-state index contributed by atoms with van der Waals surface area (Å²) in [6.45, 7) is 7.07. The minimum Gasteiger partial charge on any atom is -0.321 e. The van der Waals surface area contributed by atoms with Gasteiger partial charge in [0.2, 0.25) is 0 Å². The second-order valence-electron chi connectivity index (χ2n) is 7.56. The van der Waals surface area contributed by atoms with Crippen LogP contribution in [0.4, 0.5) is 18.9 Å². The first-order valence-corrected chi connectivity index (χ1v) is 9.49. The van der Waals surface area contributed by atoms with Crippen molar-refractivity contribution < 1.29 is 18.0 Å². The predicted molar refractivity (Wildman–Crippen MR) is 106 cm³/mol. The molecule has 156 valence electrons. The van der Waals surface area contributed by atoms with Crippen molar-refractivity contribution in [3.8, 4) is 0 Å². The van der Waals surface area contributed by atoms with Crippen LogP contribution in [0.3, 0.4) is 0 Å². The standard InChI is InChI=1S/C21H25F3N4O/c1-14-10-19(25-12-15(14)2)20(29)26-17-5-4-16(18(11-17)21(22,23)24)13-28-8-6-27(3)7-9-28/h4-5,10-12H,6-9,13H2,1-3H3,(H,26,29). The number of carbonyl (C=O) groups excluding carboxylic acids is 1. The summed E-state index contributed by atoms with van der Waals surface area (Å²) in [4.78, 5) is 20.6. The number of rotatable bonds is 4. The van der Waals surface area contributed by atoms with Crippen LogP contribution in [0.25, 0.3) is 0 Å². The molecule has 1 saturated heterocycles. The highest BCUT2D eigenvalue weighted by atomic mass is 19.4. The second-order valence-corrected chi connectivity index (χ2v) is 7.56. The van der Waals surface area contributed by atoms with Gasteiger partial charge in [0.1, 0.15) is 5.69 Å². The van der Waals surface area contributed by atoms with Gasteiger partial charge in [-0.2, -0.15) is 13.2 Å². The number of hydrogen-bond acceptors (Lipinski definition) is 4. The van der Waals surface area contributed by atoms with Gasteiger partial charge in [0.15, 0.2) is 0 Å². The van der Waals surface area contributed by atoms with Gasteiger partial charge in [-0.1, -0.05) is 6.07 Å². The van der Waals surface area contributed by atoms with Gasteiger partial charge in [0, 0.05) is 44.6 Å². The summed E-state index contributed by atoms with van der Waals surface area (Å²) in [5.41, 5.74) is 1.59. The zero-order valence-corrected chi connectivity index (χ0v) is 16.8. The molecule has 0 saturated carbocycles. The first-order chi connectivity index (χ1) is 13.6. The molecule has 1 N–H and O–H groups in total. The van der Waals surface area contributed by atoms with E-state index in [1.54, 1.807) is 12.3 Å². The highest BCUT2D eigenvalue weighted by Crippen LogP contribution is 2.34. The van der Waals surface area contributed by atoms with Crippen molar-refractivity contribution in [1.29, 1.82) is 0 Å². The van der Waals surface area contributed by atoms with Crippen LogP contribution >= 0.6 is 0 Å². The number of anilines is 1. The molecule has 0 bridgehead atoms. The number of nitrogens with one attached hydrogen (secondary N) is 1. The molecule has 1 aliphatic rings. The highest BCUT2D eigenvalue weighted by molar-refractivity contribution is 6.03. The lowest BCUT2D eigenvalue weighted by atomic mass is 10.0. The number of hydrogen-bond donors (Lipinski definition) is 1. The first kappa shape index (κ1) is 21.3. The summed E-state index contributed by atoms with van der Waals surface area (Å²) < 4.78 is 41.0. The SMILES string of the molecule is Cc1cnc(C(=O)Nc2ccc(CN3CCN(C)CC3)c(C(F)(F)F)c2)cc1C. The first-order valence-electron chi connectivity index (χ1n) is 9.49. The van der Waals surface area contributed by atoms with Crippen LogP contribution in [0.1, 0.15) is 32.7 Å². The zero-order valence-electron chi connectivity index (χ0n) is 16.8. The molecular weight excluding hydrogens is 381 g/mol. The summed E-state index contributed by atoms with van der Waals surface area (Å²) in [6.07, 6.45) is -2.92. The van der Waals surface area contributed by atoms with Crippen LogP contribution in [0, 0.1) is 13.8 Å². The molecule has 0 radical (unpaired) electrons. The van der Waals surface area contributed by atoms with E-state index in [1.807, 2.05) is 25.8 Å². The fraction of sp³-hybridized carbons (Fsp3) is 0.429. The van der Waals surface area contributed by atoms with Gasteiger partial charge < -0.3 is 10.2 Å². The number of likely N-dealkylation sites (N-methyl/N-ethyl adjacent to an activating group) is 1. The number of pyridine rings is 1. The van der Waals surface area contributed by atoms with Crippen molar-refractivity contribution in [2.24, 2.45) is 0 Å². The monoisotopic (exact) mass is 406 g/mol. The second kappa shape index (κ2) is 8.51. The van der Waals surface area contributed by atoms with E-state index in [9.17, 15) is 18.0 Å². The van der Waals surface area contributed by atoms with Crippen molar-refractivity contribution in [3.05, 3.63) is 58.4 Å². The van der Waals surface area contributed by atoms with E-state index in [1.165, 1.54) is 12.1 Å². The maximum atomic E-state index is 13.7. The smallest absolute Gasteiger partial charge is 0.321 e. The average molecular weight is 406 g/mol. The van der Waals surface area contributed by atoms with Gasteiger partial charge in [-0.15, -0.1) is 0 Å². The van der Waals surface area contributed by atoms with Gasteiger partial charge in [-0.25, -0.2) is 0 Å². The summed E-state index contributed by atoms with van der Waals surface area (Å²) in [5, 5.41) is 2.53. The molecule has 2 heterocycles. The number of amides is 1.